The van der Waals surface area contributed by atoms with Crippen molar-refractivity contribution in [2.45, 2.75) is 51.4 Å². The van der Waals surface area contributed by atoms with Gasteiger partial charge in [0.05, 0.1) is 12.0 Å². The van der Waals surface area contributed by atoms with Gasteiger partial charge in [0.25, 0.3) is 0 Å². The summed E-state index contributed by atoms with van der Waals surface area (Å²) in [4.78, 5) is 15.5. The van der Waals surface area contributed by atoms with Crippen molar-refractivity contribution in [2.75, 3.05) is 26.8 Å². The number of nitrogens with zero attached hydrogens (tertiary/aromatic N) is 1. The van der Waals surface area contributed by atoms with E-state index in [1.165, 1.54) is 44.9 Å². The molecule has 1 unspecified atom stereocenters. The van der Waals surface area contributed by atoms with E-state index in [9.17, 15) is 4.79 Å². The molecule has 1 aliphatic heterocycles. The standard InChI is InChI=1S/C18H29NO2/c1-21-12-13-3-2-4-19(11-13)17(20)18-8-14-5-15(9-18)7-16(6-14)10-18/h13-16H,2-12H2,1H3. The highest BCUT2D eigenvalue weighted by molar-refractivity contribution is 5.83. The molecule has 4 bridgehead atoms. The summed E-state index contributed by atoms with van der Waals surface area (Å²) in [5, 5.41) is 0. The first-order valence-corrected chi connectivity index (χ1v) is 8.97. The molecule has 1 atom stereocenters. The average molecular weight is 291 g/mol. The number of rotatable bonds is 3. The van der Waals surface area contributed by atoms with Crippen LogP contribution in [-0.2, 0) is 9.53 Å². The number of hydrogen-bond acceptors (Lipinski definition) is 2. The quantitative estimate of drug-likeness (QED) is 0.799. The zero-order valence-electron chi connectivity index (χ0n) is 13.4. The number of likely N-dealkylation sites (tertiary alicyclic amines) is 1. The predicted octanol–water partition coefficient (Wildman–Crippen LogP) is 3.09. The predicted molar refractivity (Wildman–Crippen MR) is 81.8 cm³/mol. The molecule has 118 valence electrons. The second-order valence-electron chi connectivity index (χ2n) is 8.41. The zero-order chi connectivity index (χ0) is 14.4. The summed E-state index contributed by atoms with van der Waals surface area (Å²) in [5.41, 5.74) is 0.0453. The monoisotopic (exact) mass is 291 g/mol. The van der Waals surface area contributed by atoms with Crippen molar-refractivity contribution in [1.29, 1.82) is 0 Å². The van der Waals surface area contributed by atoms with Crippen LogP contribution in [0, 0.1) is 29.1 Å². The van der Waals surface area contributed by atoms with Crippen molar-refractivity contribution in [2.24, 2.45) is 29.1 Å². The summed E-state index contributed by atoms with van der Waals surface area (Å²) in [6, 6.07) is 0. The molecule has 0 N–H and O–H groups in total. The Morgan fingerprint density at radius 3 is 2.33 bits per heavy atom. The Bertz CT molecular complexity index is 382. The molecule has 5 aliphatic rings. The van der Waals surface area contributed by atoms with E-state index in [0.717, 1.165) is 43.9 Å². The fourth-order valence-electron chi connectivity index (χ4n) is 6.33. The maximum absolute atomic E-state index is 13.3. The van der Waals surface area contributed by atoms with Crippen LogP contribution in [0.2, 0.25) is 0 Å². The summed E-state index contributed by atoms with van der Waals surface area (Å²) in [5.74, 6) is 3.66. The second-order valence-corrected chi connectivity index (χ2v) is 8.41. The van der Waals surface area contributed by atoms with Gasteiger partial charge in [-0.3, -0.25) is 4.79 Å². The van der Waals surface area contributed by atoms with Crippen LogP contribution in [0.15, 0.2) is 0 Å². The van der Waals surface area contributed by atoms with Gasteiger partial charge in [0.15, 0.2) is 0 Å². The van der Waals surface area contributed by atoms with E-state index in [0.29, 0.717) is 11.8 Å². The van der Waals surface area contributed by atoms with Crippen molar-refractivity contribution in [3.8, 4) is 0 Å². The third kappa shape index (κ3) is 2.42. The van der Waals surface area contributed by atoms with Crippen molar-refractivity contribution >= 4 is 5.91 Å². The van der Waals surface area contributed by atoms with Crippen LogP contribution in [0.25, 0.3) is 0 Å². The summed E-state index contributed by atoms with van der Waals surface area (Å²) in [7, 11) is 1.78. The van der Waals surface area contributed by atoms with Gasteiger partial charge in [-0.15, -0.1) is 0 Å². The van der Waals surface area contributed by atoms with Crippen LogP contribution in [-0.4, -0.2) is 37.6 Å². The molecule has 4 saturated carbocycles. The highest BCUT2D eigenvalue weighted by Gasteiger charge is 2.55. The number of hydrogen-bond donors (Lipinski definition) is 0. The van der Waals surface area contributed by atoms with E-state index in [-0.39, 0.29) is 5.41 Å². The van der Waals surface area contributed by atoms with E-state index in [2.05, 4.69) is 4.90 Å². The number of ether oxygens (including phenoxy) is 1. The number of carbonyl (C=O) groups is 1. The van der Waals surface area contributed by atoms with Gasteiger partial charge in [-0.25, -0.2) is 0 Å². The second kappa shape index (κ2) is 5.26. The topological polar surface area (TPSA) is 29.5 Å². The van der Waals surface area contributed by atoms with E-state index in [4.69, 9.17) is 4.74 Å². The van der Waals surface area contributed by atoms with Gasteiger partial charge in [0, 0.05) is 20.2 Å². The van der Waals surface area contributed by atoms with Crippen LogP contribution in [0.5, 0.6) is 0 Å². The van der Waals surface area contributed by atoms with Gasteiger partial charge in [0.1, 0.15) is 0 Å². The number of piperidine rings is 1. The largest absolute Gasteiger partial charge is 0.384 e. The van der Waals surface area contributed by atoms with Gasteiger partial charge < -0.3 is 9.64 Å². The molecule has 1 saturated heterocycles. The summed E-state index contributed by atoms with van der Waals surface area (Å²) < 4.78 is 5.32. The van der Waals surface area contributed by atoms with Crippen molar-refractivity contribution in [3.63, 3.8) is 0 Å². The third-order valence-electron chi connectivity index (χ3n) is 6.70. The number of amides is 1. The Morgan fingerprint density at radius 1 is 1.14 bits per heavy atom. The van der Waals surface area contributed by atoms with E-state index < -0.39 is 0 Å². The third-order valence-corrected chi connectivity index (χ3v) is 6.70. The Balaban J connectivity index is 1.49. The molecule has 0 aromatic carbocycles. The fraction of sp³-hybridized carbons (Fsp3) is 0.944. The molecule has 0 aromatic heterocycles. The fourth-order valence-corrected chi connectivity index (χ4v) is 6.33. The summed E-state index contributed by atoms with van der Waals surface area (Å²) in [6.45, 7) is 2.74. The van der Waals surface area contributed by atoms with Crippen LogP contribution >= 0.6 is 0 Å². The summed E-state index contributed by atoms with van der Waals surface area (Å²) in [6.07, 6.45) is 10.2. The number of carbonyl (C=O) groups excluding carboxylic acids is 1. The van der Waals surface area contributed by atoms with Gasteiger partial charge in [0.2, 0.25) is 5.91 Å². The average Bonchev–Trinajstić information content (AvgIpc) is 2.46. The molecule has 1 amide bonds. The van der Waals surface area contributed by atoms with E-state index in [1.54, 1.807) is 7.11 Å². The Hall–Kier alpha value is -0.570. The maximum atomic E-state index is 13.3. The molecule has 21 heavy (non-hydrogen) atoms. The number of methoxy groups -OCH3 is 1. The molecule has 3 heteroatoms. The lowest BCUT2D eigenvalue weighted by Crippen LogP contribution is -2.56. The van der Waals surface area contributed by atoms with Crippen molar-refractivity contribution < 1.29 is 9.53 Å². The molecule has 1 heterocycles. The molecular weight excluding hydrogens is 262 g/mol. The molecule has 0 aromatic rings. The minimum atomic E-state index is 0.0453. The van der Waals surface area contributed by atoms with Gasteiger partial charge in [-0.2, -0.15) is 0 Å². The van der Waals surface area contributed by atoms with E-state index >= 15 is 0 Å². The highest BCUT2D eigenvalue weighted by atomic mass is 16.5. The smallest absolute Gasteiger partial charge is 0.228 e. The zero-order valence-corrected chi connectivity index (χ0v) is 13.4. The van der Waals surface area contributed by atoms with Crippen LogP contribution < -0.4 is 0 Å². The van der Waals surface area contributed by atoms with Crippen LogP contribution in [0.1, 0.15) is 51.4 Å². The first kappa shape index (κ1) is 14.0. The molecular formula is C18H29NO2. The van der Waals surface area contributed by atoms with Crippen molar-refractivity contribution in [1.82, 2.24) is 4.90 Å². The Morgan fingerprint density at radius 2 is 1.76 bits per heavy atom. The van der Waals surface area contributed by atoms with Gasteiger partial charge >= 0.3 is 0 Å². The normalized spacial score (nSPS) is 45.1. The lowest BCUT2D eigenvalue weighted by molar-refractivity contribution is -0.159. The van der Waals surface area contributed by atoms with E-state index in [1.807, 2.05) is 0 Å². The lowest BCUT2D eigenvalue weighted by atomic mass is 9.49. The molecule has 4 aliphatic carbocycles. The molecule has 5 rings (SSSR count). The maximum Gasteiger partial charge on any atom is 0.228 e. The Kier molecular flexibility index (Phi) is 3.52. The lowest BCUT2D eigenvalue weighted by Gasteiger charge is -2.57. The molecule has 0 spiro atoms. The molecule has 5 fully saturated rings. The Labute approximate surface area is 128 Å². The van der Waals surface area contributed by atoms with Crippen LogP contribution in [0.3, 0.4) is 0 Å². The molecule has 3 nitrogen and oxygen atoms in total. The molecule has 0 radical (unpaired) electrons. The minimum Gasteiger partial charge on any atom is -0.384 e. The first-order valence-electron chi connectivity index (χ1n) is 8.97. The SMILES string of the molecule is COCC1CCCN(C(=O)C23CC4CC(CC(C4)C2)C3)C1. The van der Waals surface area contributed by atoms with Gasteiger partial charge in [-0.1, -0.05) is 0 Å². The minimum absolute atomic E-state index is 0.0453. The van der Waals surface area contributed by atoms with Crippen LogP contribution in [0.4, 0.5) is 0 Å². The van der Waals surface area contributed by atoms with Crippen molar-refractivity contribution in [3.05, 3.63) is 0 Å². The van der Waals surface area contributed by atoms with Gasteiger partial charge in [-0.05, 0) is 75.0 Å². The summed E-state index contributed by atoms with van der Waals surface area (Å²) >= 11 is 0. The highest BCUT2D eigenvalue weighted by Crippen LogP contribution is 2.60. The first-order chi connectivity index (χ1) is 10.2.